The minimum atomic E-state index is -0.529. The van der Waals surface area contributed by atoms with Crippen molar-refractivity contribution in [2.24, 2.45) is 0 Å². The second kappa shape index (κ2) is 9.70. The topological polar surface area (TPSA) is 126 Å². The molecule has 2 aromatic carbocycles. The summed E-state index contributed by atoms with van der Waals surface area (Å²) in [7, 11) is 1.28. The number of methoxy groups -OCH3 is 1. The van der Waals surface area contributed by atoms with Crippen LogP contribution in [0, 0.1) is 0 Å². The molecule has 3 rings (SSSR count). The van der Waals surface area contributed by atoms with Gasteiger partial charge in [0.05, 0.1) is 24.1 Å². The molecular formula is C20H19N5O4S. The highest BCUT2D eigenvalue weighted by Gasteiger charge is 2.14. The number of benzene rings is 2. The van der Waals surface area contributed by atoms with Gasteiger partial charge in [-0.1, -0.05) is 36.0 Å². The van der Waals surface area contributed by atoms with Gasteiger partial charge in [-0.25, -0.2) is 9.78 Å². The lowest BCUT2D eigenvalue weighted by Crippen LogP contribution is -2.17. The van der Waals surface area contributed by atoms with E-state index in [-0.39, 0.29) is 23.1 Å². The number of rotatable bonds is 7. The van der Waals surface area contributed by atoms with Gasteiger partial charge < -0.3 is 15.4 Å². The second-order valence-corrected chi connectivity index (χ2v) is 7.05. The molecule has 0 saturated carbocycles. The minimum absolute atomic E-state index is 0.0543. The summed E-state index contributed by atoms with van der Waals surface area (Å²) in [6, 6.07) is 13.8. The zero-order valence-corrected chi connectivity index (χ0v) is 17.1. The highest BCUT2D eigenvalue weighted by Crippen LogP contribution is 2.22. The van der Waals surface area contributed by atoms with Crippen molar-refractivity contribution in [3.8, 4) is 11.4 Å². The zero-order chi connectivity index (χ0) is 21.5. The van der Waals surface area contributed by atoms with Crippen molar-refractivity contribution in [1.82, 2.24) is 15.2 Å². The molecule has 0 aliphatic carbocycles. The van der Waals surface area contributed by atoms with Crippen LogP contribution in [0.5, 0.6) is 0 Å². The van der Waals surface area contributed by atoms with Gasteiger partial charge >= 0.3 is 5.97 Å². The first kappa shape index (κ1) is 21.1. The van der Waals surface area contributed by atoms with Crippen molar-refractivity contribution in [1.29, 1.82) is 0 Å². The van der Waals surface area contributed by atoms with Gasteiger partial charge in [0.2, 0.25) is 17.0 Å². The van der Waals surface area contributed by atoms with Gasteiger partial charge in [0, 0.05) is 18.2 Å². The molecule has 1 aromatic heterocycles. The molecule has 0 aliphatic heterocycles. The quantitative estimate of drug-likeness (QED) is 0.392. The average molecular weight is 425 g/mol. The van der Waals surface area contributed by atoms with Gasteiger partial charge in [0.15, 0.2) is 5.82 Å². The maximum Gasteiger partial charge on any atom is 0.339 e. The number of aromatic amines is 1. The lowest BCUT2D eigenvalue weighted by atomic mass is 10.2. The van der Waals surface area contributed by atoms with Crippen molar-refractivity contribution in [3.63, 3.8) is 0 Å². The monoisotopic (exact) mass is 425 g/mol. The Hall–Kier alpha value is -3.66. The molecule has 0 spiro atoms. The largest absolute Gasteiger partial charge is 0.465 e. The molecule has 3 N–H and O–H groups in total. The van der Waals surface area contributed by atoms with Crippen LogP contribution in [0.1, 0.15) is 17.3 Å². The van der Waals surface area contributed by atoms with Gasteiger partial charge in [-0.3, -0.25) is 14.7 Å². The Morgan fingerprint density at radius 3 is 2.67 bits per heavy atom. The second-order valence-electron chi connectivity index (χ2n) is 6.10. The summed E-state index contributed by atoms with van der Waals surface area (Å²) in [5, 5.41) is 12.7. The number of ether oxygens (including phenoxy) is 1. The fourth-order valence-corrected chi connectivity index (χ4v) is 3.18. The van der Waals surface area contributed by atoms with Gasteiger partial charge in [-0.2, -0.15) is 0 Å². The third kappa shape index (κ3) is 5.45. The minimum Gasteiger partial charge on any atom is -0.465 e. The summed E-state index contributed by atoms with van der Waals surface area (Å²) < 4.78 is 4.72. The van der Waals surface area contributed by atoms with Crippen LogP contribution in [0.25, 0.3) is 11.4 Å². The number of anilines is 2. The Labute approximate surface area is 176 Å². The van der Waals surface area contributed by atoms with Crippen molar-refractivity contribution in [3.05, 3.63) is 54.1 Å². The molecular weight excluding hydrogens is 406 g/mol. The van der Waals surface area contributed by atoms with E-state index >= 15 is 0 Å². The average Bonchev–Trinajstić information content (AvgIpc) is 3.21. The predicted molar refractivity (Wildman–Crippen MR) is 113 cm³/mol. The Morgan fingerprint density at radius 2 is 1.90 bits per heavy atom. The number of hydrogen-bond donors (Lipinski definition) is 3. The molecule has 0 bridgehead atoms. The Morgan fingerprint density at radius 1 is 1.10 bits per heavy atom. The van der Waals surface area contributed by atoms with E-state index < -0.39 is 5.97 Å². The normalized spacial score (nSPS) is 10.3. The van der Waals surface area contributed by atoms with E-state index in [9.17, 15) is 14.4 Å². The number of nitrogens with one attached hydrogen (secondary N) is 3. The number of H-pyrrole nitrogens is 1. The third-order valence-electron chi connectivity index (χ3n) is 3.86. The molecule has 0 radical (unpaired) electrons. The Kier molecular flexibility index (Phi) is 6.81. The van der Waals surface area contributed by atoms with Crippen LogP contribution in [0.2, 0.25) is 0 Å². The molecule has 0 saturated heterocycles. The number of carbonyl (C=O) groups is 3. The van der Waals surface area contributed by atoms with E-state index in [1.807, 2.05) is 6.07 Å². The standard InChI is InChI=1S/C20H19N5O4S/c1-12(26)21-14-7-5-6-13(10-14)18-23-20(25-24-18)30-11-17(27)22-16-9-4-3-8-15(16)19(28)29-2/h3-10H,11H2,1-2H3,(H,21,26)(H,22,27)(H,23,24,25). The summed E-state index contributed by atoms with van der Waals surface area (Å²) in [5.41, 5.74) is 2.05. The highest BCUT2D eigenvalue weighted by molar-refractivity contribution is 7.99. The van der Waals surface area contributed by atoms with Crippen LogP contribution in [0.4, 0.5) is 11.4 Å². The Bertz CT molecular complexity index is 1080. The molecule has 30 heavy (non-hydrogen) atoms. The summed E-state index contributed by atoms with van der Waals surface area (Å²) in [6.07, 6.45) is 0. The first-order valence-electron chi connectivity index (χ1n) is 8.86. The van der Waals surface area contributed by atoms with Crippen molar-refractivity contribution < 1.29 is 19.1 Å². The molecule has 0 fully saturated rings. The number of para-hydroxylation sites is 1. The van der Waals surface area contributed by atoms with Crippen LogP contribution in [0.15, 0.2) is 53.7 Å². The van der Waals surface area contributed by atoms with Crippen LogP contribution < -0.4 is 10.6 Å². The summed E-state index contributed by atoms with van der Waals surface area (Å²) in [4.78, 5) is 39.6. The maximum absolute atomic E-state index is 12.3. The van der Waals surface area contributed by atoms with Gasteiger partial charge in [0.1, 0.15) is 0 Å². The van der Waals surface area contributed by atoms with Crippen LogP contribution in [0.3, 0.4) is 0 Å². The molecule has 154 valence electrons. The van der Waals surface area contributed by atoms with E-state index in [1.54, 1.807) is 42.5 Å². The molecule has 9 nitrogen and oxygen atoms in total. The fraction of sp³-hybridized carbons (Fsp3) is 0.150. The van der Waals surface area contributed by atoms with E-state index in [0.717, 1.165) is 17.3 Å². The highest BCUT2D eigenvalue weighted by atomic mass is 32.2. The van der Waals surface area contributed by atoms with Gasteiger partial charge in [-0.05, 0) is 24.3 Å². The molecule has 10 heteroatoms. The molecule has 1 heterocycles. The van der Waals surface area contributed by atoms with Crippen LogP contribution >= 0.6 is 11.8 Å². The lowest BCUT2D eigenvalue weighted by Gasteiger charge is -2.08. The lowest BCUT2D eigenvalue weighted by molar-refractivity contribution is -0.114. The zero-order valence-electron chi connectivity index (χ0n) is 16.3. The molecule has 3 aromatic rings. The van der Waals surface area contributed by atoms with Crippen LogP contribution in [-0.4, -0.2) is 45.8 Å². The number of thioether (sulfide) groups is 1. The molecule has 0 aliphatic rings. The van der Waals surface area contributed by atoms with Gasteiger partial charge in [-0.15, -0.1) is 5.10 Å². The Balaban J connectivity index is 1.62. The van der Waals surface area contributed by atoms with E-state index in [0.29, 0.717) is 22.4 Å². The summed E-state index contributed by atoms with van der Waals surface area (Å²) >= 11 is 1.15. The van der Waals surface area contributed by atoms with E-state index in [1.165, 1.54) is 14.0 Å². The number of esters is 1. The molecule has 0 atom stereocenters. The van der Waals surface area contributed by atoms with Crippen molar-refractivity contribution in [2.75, 3.05) is 23.5 Å². The van der Waals surface area contributed by atoms with Crippen molar-refractivity contribution >= 4 is 40.9 Å². The number of aromatic nitrogens is 3. The number of amides is 2. The maximum atomic E-state index is 12.3. The first-order valence-corrected chi connectivity index (χ1v) is 9.85. The van der Waals surface area contributed by atoms with Crippen molar-refractivity contribution in [2.45, 2.75) is 12.1 Å². The number of nitrogens with zero attached hydrogens (tertiary/aromatic N) is 2. The summed E-state index contributed by atoms with van der Waals surface area (Å²) in [6.45, 7) is 1.44. The SMILES string of the molecule is COC(=O)c1ccccc1NC(=O)CSc1n[nH]c(-c2cccc(NC(C)=O)c2)n1. The van der Waals surface area contributed by atoms with E-state index in [2.05, 4.69) is 25.8 Å². The smallest absolute Gasteiger partial charge is 0.339 e. The predicted octanol–water partition coefficient (Wildman–Crippen LogP) is 2.95. The first-order chi connectivity index (χ1) is 14.5. The number of hydrogen-bond acceptors (Lipinski definition) is 7. The van der Waals surface area contributed by atoms with Crippen LogP contribution in [-0.2, 0) is 14.3 Å². The molecule has 2 amide bonds. The third-order valence-corrected chi connectivity index (χ3v) is 4.71. The number of carbonyl (C=O) groups excluding carboxylic acids is 3. The fourth-order valence-electron chi connectivity index (χ4n) is 2.58. The van der Waals surface area contributed by atoms with Gasteiger partial charge in [0.25, 0.3) is 0 Å². The summed E-state index contributed by atoms with van der Waals surface area (Å²) in [5.74, 6) is -0.436. The van der Waals surface area contributed by atoms with E-state index in [4.69, 9.17) is 4.74 Å². The molecule has 0 unspecified atom stereocenters.